The zero-order chi connectivity index (χ0) is 13.1. The zero-order valence-corrected chi connectivity index (χ0v) is 11.2. The van der Waals surface area contributed by atoms with Crippen molar-refractivity contribution >= 4 is 28.9 Å². The Morgan fingerprint density at radius 1 is 1.56 bits per heavy atom. The smallest absolute Gasteiger partial charge is 0.238 e. The molecule has 5 heteroatoms. The van der Waals surface area contributed by atoms with Crippen molar-refractivity contribution in [3.8, 4) is 0 Å². The van der Waals surface area contributed by atoms with Crippen LogP contribution >= 0.6 is 11.6 Å². The van der Waals surface area contributed by atoms with Crippen LogP contribution in [-0.4, -0.2) is 30.4 Å². The molecule has 1 aliphatic rings. The molecule has 4 nitrogen and oxygen atoms in total. The zero-order valence-electron chi connectivity index (χ0n) is 10.4. The predicted molar refractivity (Wildman–Crippen MR) is 74.8 cm³/mol. The van der Waals surface area contributed by atoms with Crippen LogP contribution in [0.25, 0.3) is 0 Å². The van der Waals surface area contributed by atoms with Crippen LogP contribution in [0.2, 0.25) is 5.02 Å². The molecule has 1 aromatic carbocycles. The first-order valence-electron chi connectivity index (χ1n) is 6.11. The summed E-state index contributed by atoms with van der Waals surface area (Å²) >= 11 is 5.80. The topological polar surface area (TPSA) is 58.4 Å². The van der Waals surface area contributed by atoms with Crippen molar-refractivity contribution in [2.75, 3.05) is 24.6 Å². The number of rotatable bonds is 4. The van der Waals surface area contributed by atoms with Gasteiger partial charge >= 0.3 is 0 Å². The molecular weight excluding hydrogens is 250 g/mol. The Labute approximate surface area is 112 Å². The Balaban J connectivity index is 1.90. The van der Waals surface area contributed by atoms with Gasteiger partial charge in [-0.15, -0.1) is 0 Å². The summed E-state index contributed by atoms with van der Waals surface area (Å²) in [7, 11) is 1.98. The van der Waals surface area contributed by atoms with Gasteiger partial charge in [0.15, 0.2) is 0 Å². The number of nitrogens with one attached hydrogen (secondary N) is 1. The van der Waals surface area contributed by atoms with Gasteiger partial charge in [0.1, 0.15) is 0 Å². The Morgan fingerprint density at radius 2 is 2.28 bits per heavy atom. The molecule has 0 heterocycles. The number of likely N-dealkylation sites (N-methyl/N-ethyl adjacent to an activating group) is 1. The summed E-state index contributed by atoms with van der Waals surface area (Å²) < 4.78 is 0. The summed E-state index contributed by atoms with van der Waals surface area (Å²) in [6, 6.07) is 5.62. The van der Waals surface area contributed by atoms with Crippen LogP contribution in [0.3, 0.4) is 0 Å². The van der Waals surface area contributed by atoms with Gasteiger partial charge in [-0.1, -0.05) is 18.0 Å². The maximum atomic E-state index is 11.9. The number of carbonyl (C=O) groups is 1. The first-order valence-corrected chi connectivity index (χ1v) is 6.49. The van der Waals surface area contributed by atoms with Crippen molar-refractivity contribution in [2.24, 2.45) is 0 Å². The van der Waals surface area contributed by atoms with Crippen molar-refractivity contribution in [3.05, 3.63) is 23.2 Å². The number of halogens is 1. The van der Waals surface area contributed by atoms with Crippen molar-refractivity contribution in [3.63, 3.8) is 0 Å². The molecule has 3 N–H and O–H groups in total. The van der Waals surface area contributed by atoms with Crippen molar-refractivity contribution < 1.29 is 4.79 Å². The van der Waals surface area contributed by atoms with E-state index in [2.05, 4.69) is 10.2 Å². The maximum absolute atomic E-state index is 11.9. The summed E-state index contributed by atoms with van der Waals surface area (Å²) in [5, 5.41) is 3.37. The summed E-state index contributed by atoms with van der Waals surface area (Å²) in [5.74, 6) is -0.0431. The lowest BCUT2D eigenvalue weighted by Gasteiger charge is -2.34. The standard InChI is InChI=1S/C13H18ClN3O/c1-17(10-3-2-4-10)8-13(18)16-12-6-5-9(14)7-11(12)15/h5-7,10H,2-4,8,15H2,1H3,(H,16,18). The molecule has 0 aliphatic heterocycles. The van der Waals surface area contributed by atoms with E-state index < -0.39 is 0 Å². The van der Waals surface area contributed by atoms with Gasteiger partial charge in [0.2, 0.25) is 5.91 Å². The minimum absolute atomic E-state index is 0.0431. The van der Waals surface area contributed by atoms with Crippen molar-refractivity contribution in [1.29, 1.82) is 0 Å². The van der Waals surface area contributed by atoms with E-state index in [0.717, 1.165) is 0 Å². The maximum Gasteiger partial charge on any atom is 0.238 e. The molecule has 1 saturated carbocycles. The van der Waals surface area contributed by atoms with Crippen LogP contribution in [0.15, 0.2) is 18.2 Å². The molecular formula is C13H18ClN3O. The highest BCUT2D eigenvalue weighted by Crippen LogP contribution is 2.24. The summed E-state index contributed by atoms with van der Waals surface area (Å²) in [6.45, 7) is 0.396. The van der Waals surface area contributed by atoms with Gasteiger partial charge in [-0.05, 0) is 38.1 Å². The highest BCUT2D eigenvalue weighted by Gasteiger charge is 2.23. The van der Waals surface area contributed by atoms with E-state index in [4.69, 9.17) is 17.3 Å². The number of benzene rings is 1. The van der Waals surface area contributed by atoms with E-state index >= 15 is 0 Å². The first kappa shape index (κ1) is 13.2. The minimum atomic E-state index is -0.0431. The molecule has 2 rings (SSSR count). The first-order chi connectivity index (χ1) is 8.56. The molecule has 0 unspecified atom stereocenters. The van der Waals surface area contributed by atoms with Gasteiger partial charge < -0.3 is 11.1 Å². The van der Waals surface area contributed by atoms with E-state index in [1.165, 1.54) is 19.3 Å². The van der Waals surface area contributed by atoms with Gasteiger partial charge in [-0.3, -0.25) is 9.69 Å². The Kier molecular flexibility index (Phi) is 4.09. The van der Waals surface area contributed by atoms with Crippen molar-refractivity contribution in [2.45, 2.75) is 25.3 Å². The minimum Gasteiger partial charge on any atom is -0.397 e. The molecule has 1 amide bonds. The highest BCUT2D eigenvalue weighted by molar-refractivity contribution is 6.31. The Hall–Kier alpha value is -1.26. The number of hydrogen-bond acceptors (Lipinski definition) is 3. The van der Waals surface area contributed by atoms with Crippen LogP contribution in [0.1, 0.15) is 19.3 Å². The van der Waals surface area contributed by atoms with E-state index in [1.807, 2.05) is 7.05 Å². The number of carbonyl (C=O) groups excluding carboxylic acids is 1. The highest BCUT2D eigenvalue weighted by atomic mass is 35.5. The van der Waals surface area contributed by atoms with E-state index in [0.29, 0.717) is 29.0 Å². The molecule has 0 aromatic heterocycles. The van der Waals surface area contributed by atoms with Gasteiger partial charge in [0.05, 0.1) is 17.9 Å². The van der Waals surface area contributed by atoms with E-state index in [-0.39, 0.29) is 5.91 Å². The fourth-order valence-electron chi connectivity index (χ4n) is 2.02. The van der Waals surface area contributed by atoms with Crippen LogP contribution in [0.5, 0.6) is 0 Å². The van der Waals surface area contributed by atoms with Gasteiger partial charge in [0, 0.05) is 11.1 Å². The fraction of sp³-hybridized carbons (Fsp3) is 0.462. The Morgan fingerprint density at radius 3 is 2.83 bits per heavy atom. The molecule has 0 radical (unpaired) electrons. The third kappa shape index (κ3) is 3.15. The lowest BCUT2D eigenvalue weighted by atomic mass is 9.92. The molecule has 1 fully saturated rings. The molecule has 0 atom stereocenters. The Bertz CT molecular complexity index is 446. The van der Waals surface area contributed by atoms with E-state index in [1.54, 1.807) is 18.2 Å². The van der Waals surface area contributed by atoms with Crippen molar-refractivity contribution in [1.82, 2.24) is 4.90 Å². The third-order valence-corrected chi connectivity index (χ3v) is 3.61. The normalized spacial score (nSPS) is 15.5. The average molecular weight is 268 g/mol. The largest absolute Gasteiger partial charge is 0.397 e. The van der Waals surface area contributed by atoms with Gasteiger partial charge in [0.25, 0.3) is 0 Å². The van der Waals surface area contributed by atoms with Crippen LogP contribution < -0.4 is 11.1 Å². The predicted octanol–water partition coefficient (Wildman–Crippen LogP) is 2.34. The number of nitrogen functional groups attached to an aromatic ring is 1. The summed E-state index contributed by atoms with van der Waals surface area (Å²) in [5.41, 5.74) is 6.89. The number of amides is 1. The molecule has 0 saturated heterocycles. The lowest BCUT2D eigenvalue weighted by Crippen LogP contribution is -2.41. The SMILES string of the molecule is CN(CC(=O)Nc1ccc(Cl)cc1N)C1CCC1. The molecule has 0 bridgehead atoms. The van der Waals surface area contributed by atoms with Gasteiger partial charge in [-0.2, -0.15) is 0 Å². The molecule has 1 aromatic rings. The number of anilines is 2. The summed E-state index contributed by atoms with van der Waals surface area (Å²) in [4.78, 5) is 14.0. The average Bonchev–Trinajstić information content (AvgIpc) is 2.19. The summed E-state index contributed by atoms with van der Waals surface area (Å²) in [6.07, 6.45) is 3.64. The second-order valence-electron chi connectivity index (χ2n) is 4.78. The lowest BCUT2D eigenvalue weighted by molar-refractivity contribution is -0.117. The fourth-order valence-corrected chi connectivity index (χ4v) is 2.20. The quantitative estimate of drug-likeness (QED) is 0.824. The molecule has 98 valence electrons. The number of hydrogen-bond donors (Lipinski definition) is 2. The third-order valence-electron chi connectivity index (χ3n) is 3.38. The number of nitrogens with two attached hydrogens (primary N) is 1. The van der Waals surface area contributed by atoms with Crippen LogP contribution in [-0.2, 0) is 4.79 Å². The molecule has 0 spiro atoms. The van der Waals surface area contributed by atoms with Crippen LogP contribution in [0.4, 0.5) is 11.4 Å². The number of nitrogens with zero attached hydrogens (tertiary/aromatic N) is 1. The molecule has 1 aliphatic carbocycles. The molecule has 18 heavy (non-hydrogen) atoms. The second kappa shape index (κ2) is 5.59. The van der Waals surface area contributed by atoms with E-state index in [9.17, 15) is 4.79 Å². The van der Waals surface area contributed by atoms with Gasteiger partial charge in [-0.25, -0.2) is 0 Å². The monoisotopic (exact) mass is 267 g/mol. The van der Waals surface area contributed by atoms with Crippen LogP contribution in [0, 0.1) is 0 Å². The second-order valence-corrected chi connectivity index (χ2v) is 5.22.